The van der Waals surface area contributed by atoms with Crippen molar-refractivity contribution in [2.24, 2.45) is 0 Å². The van der Waals surface area contributed by atoms with Gasteiger partial charge in [0.25, 0.3) is 0 Å². The lowest BCUT2D eigenvalue weighted by Crippen LogP contribution is -2.16. The average molecular weight is 385 g/mol. The van der Waals surface area contributed by atoms with E-state index in [0.717, 1.165) is 0 Å². The third kappa shape index (κ3) is 4.05. The molecule has 0 amide bonds. The van der Waals surface area contributed by atoms with Gasteiger partial charge in [-0.2, -0.15) is 0 Å². The number of benzene rings is 1. The zero-order valence-electron chi connectivity index (χ0n) is 13.4. The minimum atomic E-state index is -4.75. The number of aromatic nitrogens is 4. The molecule has 0 aliphatic heterocycles. The van der Waals surface area contributed by atoms with Crippen LogP contribution in [0.2, 0.25) is 0 Å². The van der Waals surface area contributed by atoms with E-state index in [9.17, 15) is 13.2 Å². The van der Waals surface area contributed by atoms with Crippen LogP contribution in [-0.2, 0) is 5.88 Å². The fourth-order valence-electron chi connectivity index (χ4n) is 2.20. The van der Waals surface area contributed by atoms with E-state index in [4.69, 9.17) is 16.3 Å². The van der Waals surface area contributed by atoms with Gasteiger partial charge in [0.05, 0.1) is 24.9 Å². The Morgan fingerprint density at radius 3 is 2.38 bits per heavy atom. The van der Waals surface area contributed by atoms with Crippen LogP contribution in [0.1, 0.15) is 5.82 Å². The van der Waals surface area contributed by atoms with Gasteiger partial charge in [0.2, 0.25) is 5.88 Å². The topological polar surface area (TPSA) is 62.1 Å². The van der Waals surface area contributed by atoms with Gasteiger partial charge in [-0.25, -0.2) is 14.6 Å². The summed E-state index contributed by atoms with van der Waals surface area (Å²) in [5, 5.41) is 4.29. The Balaban J connectivity index is 1.97. The van der Waals surface area contributed by atoms with Gasteiger partial charge >= 0.3 is 6.36 Å². The second-order valence-corrected chi connectivity index (χ2v) is 5.30. The van der Waals surface area contributed by atoms with E-state index < -0.39 is 6.36 Å². The van der Waals surface area contributed by atoms with E-state index in [1.807, 2.05) is 0 Å². The highest BCUT2D eigenvalue weighted by molar-refractivity contribution is 6.16. The normalized spacial score (nSPS) is 11.4. The van der Waals surface area contributed by atoms with Crippen molar-refractivity contribution in [3.05, 3.63) is 48.4 Å². The first-order valence-corrected chi connectivity index (χ1v) is 7.81. The average Bonchev–Trinajstić information content (AvgIpc) is 3.05. The summed E-state index contributed by atoms with van der Waals surface area (Å²) in [6.45, 7) is 0. The first-order valence-electron chi connectivity index (χ1n) is 7.28. The van der Waals surface area contributed by atoms with Crippen molar-refractivity contribution in [2.75, 3.05) is 7.11 Å². The zero-order chi connectivity index (χ0) is 18.7. The summed E-state index contributed by atoms with van der Waals surface area (Å²) >= 11 is 5.81. The lowest BCUT2D eigenvalue weighted by atomic mass is 10.2. The summed E-state index contributed by atoms with van der Waals surface area (Å²) in [5.41, 5.74) is 1.14. The zero-order valence-corrected chi connectivity index (χ0v) is 14.1. The summed E-state index contributed by atoms with van der Waals surface area (Å²) in [7, 11) is 1.50. The molecule has 3 rings (SSSR count). The van der Waals surface area contributed by atoms with E-state index in [1.54, 1.807) is 12.1 Å². The van der Waals surface area contributed by atoms with E-state index in [1.165, 1.54) is 42.3 Å². The number of rotatable bonds is 5. The van der Waals surface area contributed by atoms with Crippen LogP contribution in [0.3, 0.4) is 0 Å². The molecule has 0 aliphatic rings. The second-order valence-electron chi connectivity index (χ2n) is 5.03. The molecule has 6 nitrogen and oxygen atoms in total. The molecule has 0 spiro atoms. The molecule has 2 aromatic heterocycles. The lowest BCUT2D eigenvalue weighted by Gasteiger charge is -2.10. The van der Waals surface area contributed by atoms with Crippen molar-refractivity contribution in [1.82, 2.24) is 19.7 Å². The summed E-state index contributed by atoms with van der Waals surface area (Å²) < 4.78 is 47.2. The number of ether oxygens (including phenoxy) is 2. The highest BCUT2D eigenvalue weighted by atomic mass is 35.5. The SMILES string of the molecule is COc1ccc(-n2nc(CCl)nc2-c2ccc(OC(F)(F)F)cc2)cn1. The maximum atomic E-state index is 12.3. The Hall–Kier alpha value is -2.81. The van der Waals surface area contributed by atoms with Crippen molar-refractivity contribution in [2.45, 2.75) is 12.2 Å². The van der Waals surface area contributed by atoms with Gasteiger partial charge < -0.3 is 9.47 Å². The van der Waals surface area contributed by atoms with Crippen LogP contribution >= 0.6 is 11.6 Å². The molecule has 0 saturated carbocycles. The van der Waals surface area contributed by atoms with Crippen molar-refractivity contribution < 1.29 is 22.6 Å². The van der Waals surface area contributed by atoms with E-state index >= 15 is 0 Å². The van der Waals surface area contributed by atoms with Gasteiger partial charge in [-0.1, -0.05) is 0 Å². The first kappa shape index (κ1) is 18.0. The highest BCUT2D eigenvalue weighted by Gasteiger charge is 2.31. The van der Waals surface area contributed by atoms with Gasteiger partial charge in [0, 0.05) is 11.6 Å². The van der Waals surface area contributed by atoms with Gasteiger partial charge in [-0.3, -0.25) is 0 Å². The first-order chi connectivity index (χ1) is 12.4. The molecular weight excluding hydrogens is 373 g/mol. The Morgan fingerprint density at radius 2 is 1.85 bits per heavy atom. The van der Waals surface area contributed by atoms with Crippen LogP contribution in [0.15, 0.2) is 42.6 Å². The maximum absolute atomic E-state index is 12.3. The fourth-order valence-corrected chi connectivity index (χ4v) is 2.32. The van der Waals surface area contributed by atoms with Gasteiger partial charge in [-0.15, -0.1) is 29.9 Å². The molecule has 1 aromatic carbocycles. The number of nitrogens with zero attached hydrogens (tertiary/aromatic N) is 4. The van der Waals surface area contributed by atoms with Crippen LogP contribution < -0.4 is 9.47 Å². The van der Waals surface area contributed by atoms with Gasteiger partial charge in [0.15, 0.2) is 11.6 Å². The molecule has 3 aromatic rings. The third-order valence-electron chi connectivity index (χ3n) is 3.29. The van der Waals surface area contributed by atoms with Crippen LogP contribution in [-0.4, -0.2) is 33.2 Å². The largest absolute Gasteiger partial charge is 0.573 e. The number of methoxy groups -OCH3 is 1. The minimum absolute atomic E-state index is 0.0822. The van der Waals surface area contributed by atoms with E-state index in [0.29, 0.717) is 28.8 Å². The van der Waals surface area contributed by atoms with Crippen molar-refractivity contribution in [3.8, 4) is 28.7 Å². The standard InChI is InChI=1S/C16H12ClF3N4O2/c1-25-14-7-4-11(9-21-14)24-15(22-13(8-17)23-24)10-2-5-12(6-3-10)26-16(18,19)20/h2-7,9H,8H2,1H3. The summed E-state index contributed by atoms with van der Waals surface area (Å²) in [5.74, 6) is 0.968. The summed E-state index contributed by atoms with van der Waals surface area (Å²) in [4.78, 5) is 8.43. The summed E-state index contributed by atoms with van der Waals surface area (Å²) in [6, 6.07) is 8.70. The summed E-state index contributed by atoms with van der Waals surface area (Å²) in [6.07, 6.45) is -3.21. The van der Waals surface area contributed by atoms with E-state index in [2.05, 4.69) is 19.8 Å². The fraction of sp³-hybridized carbons (Fsp3) is 0.188. The smallest absolute Gasteiger partial charge is 0.481 e. The molecular formula is C16H12ClF3N4O2. The van der Waals surface area contributed by atoms with Crippen LogP contribution in [0.4, 0.5) is 13.2 Å². The van der Waals surface area contributed by atoms with Crippen LogP contribution in [0.25, 0.3) is 17.1 Å². The lowest BCUT2D eigenvalue weighted by molar-refractivity contribution is -0.274. The third-order valence-corrected chi connectivity index (χ3v) is 3.53. The van der Waals surface area contributed by atoms with Crippen LogP contribution in [0, 0.1) is 0 Å². The predicted molar refractivity (Wildman–Crippen MR) is 87.4 cm³/mol. The van der Waals surface area contributed by atoms with E-state index in [-0.39, 0.29) is 11.6 Å². The number of pyridine rings is 1. The Morgan fingerprint density at radius 1 is 1.12 bits per heavy atom. The second kappa shape index (κ2) is 7.20. The monoisotopic (exact) mass is 384 g/mol. The van der Waals surface area contributed by atoms with Gasteiger partial charge in [0.1, 0.15) is 5.75 Å². The molecule has 0 fully saturated rings. The molecule has 136 valence electrons. The number of hydrogen-bond donors (Lipinski definition) is 0. The quantitative estimate of drug-likeness (QED) is 0.623. The predicted octanol–water partition coefficient (Wildman–Crippen LogP) is 3.98. The molecule has 0 N–H and O–H groups in total. The molecule has 2 heterocycles. The highest BCUT2D eigenvalue weighted by Crippen LogP contribution is 2.27. The maximum Gasteiger partial charge on any atom is 0.573 e. The Bertz CT molecular complexity index is 880. The van der Waals surface area contributed by atoms with Crippen molar-refractivity contribution in [1.29, 1.82) is 0 Å². The van der Waals surface area contributed by atoms with Gasteiger partial charge in [-0.05, 0) is 30.3 Å². The van der Waals surface area contributed by atoms with Crippen molar-refractivity contribution in [3.63, 3.8) is 0 Å². The minimum Gasteiger partial charge on any atom is -0.481 e. The van der Waals surface area contributed by atoms with Crippen molar-refractivity contribution >= 4 is 11.6 Å². The number of hydrogen-bond acceptors (Lipinski definition) is 5. The molecule has 26 heavy (non-hydrogen) atoms. The molecule has 0 aliphatic carbocycles. The molecule has 0 bridgehead atoms. The Labute approximate surface area is 151 Å². The Kier molecular flexibility index (Phi) is 4.99. The molecule has 0 saturated heterocycles. The van der Waals surface area contributed by atoms with Crippen LogP contribution in [0.5, 0.6) is 11.6 Å². The molecule has 0 atom stereocenters. The molecule has 10 heteroatoms. The number of halogens is 4. The molecule has 0 unspecified atom stereocenters. The molecule has 0 radical (unpaired) electrons. The number of alkyl halides is 4.